The monoisotopic (exact) mass is 339 g/mol. The Labute approximate surface area is 150 Å². The Morgan fingerprint density at radius 1 is 1.36 bits per heavy atom. The number of likely N-dealkylation sites (tertiary alicyclic amines) is 1. The van der Waals surface area contributed by atoms with Gasteiger partial charge in [-0.2, -0.15) is 5.10 Å². The van der Waals surface area contributed by atoms with Gasteiger partial charge in [-0.15, -0.1) is 0 Å². The molecule has 1 saturated heterocycles. The first-order valence-electron chi connectivity index (χ1n) is 9.55. The largest absolute Gasteiger partial charge is 0.370 e. The SMILES string of the molecule is CCC1CC2(CCN1Cc1cnn(C)c1)OCCc1ccc(C)cc12. The minimum Gasteiger partial charge on any atom is -0.370 e. The fraction of sp³-hybridized carbons (Fsp3) is 0.571. The van der Waals surface area contributed by atoms with Crippen molar-refractivity contribution < 1.29 is 4.74 Å². The highest BCUT2D eigenvalue weighted by molar-refractivity contribution is 5.38. The summed E-state index contributed by atoms with van der Waals surface area (Å²) < 4.78 is 8.37. The van der Waals surface area contributed by atoms with Gasteiger partial charge in [0.05, 0.1) is 18.4 Å². The molecule has 0 saturated carbocycles. The molecule has 4 heteroatoms. The molecule has 4 rings (SSSR count). The molecule has 4 nitrogen and oxygen atoms in total. The zero-order chi connectivity index (χ0) is 17.4. The second-order valence-electron chi connectivity index (χ2n) is 7.76. The van der Waals surface area contributed by atoms with E-state index in [9.17, 15) is 0 Å². The number of rotatable bonds is 3. The smallest absolute Gasteiger partial charge is 0.0961 e. The first-order valence-corrected chi connectivity index (χ1v) is 9.55. The molecule has 1 fully saturated rings. The number of fused-ring (bicyclic) bond motifs is 2. The lowest BCUT2D eigenvalue weighted by Crippen LogP contribution is -2.51. The van der Waals surface area contributed by atoms with Gasteiger partial charge in [0.2, 0.25) is 0 Å². The average molecular weight is 339 g/mol. The molecule has 2 aliphatic heterocycles. The predicted octanol–water partition coefficient (Wildman–Crippen LogP) is 3.57. The van der Waals surface area contributed by atoms with Crippen LogP contribution in [0.5, 0.6) is 0 Å². The molecule has 2 unspecified atom stereocenters. The third kappa shape index (κ3) is 3.13. The Hall–Kier alpha value is -1.65. The van der Waals surface area contributed by atoms with Crippen molar-refractivity contribution in [3.8, 4) is 0 Å². The van der Waals surface area contributed by atoms with Gasteiger partial charge in [-0.1, -0.05) is 30.7 Å². The van der Waals surface area contributed by atoms with Crippen molar-refractivity contribution in [3.63, 3.8) is 0 Å². The Morgan fingerprint density at radius 3 is 3.00 bits per heavy atom. The Kier molecular flexibility index (Phi) is 4.42. The number of hydrogen-bond donors (Lipinski definition) is 0. The summed E-state index contributed by atoms with van der Waals surface area (Å²) in [7, 11) is 1.99. The van der Waals surface area contributed by atoms with Crippen LogP contribution in [0.1, 0.15) is 48.4 Å². The standard InChI is InChI=1S/C21H29N3O/c1-4-19-12-21(8-9-24(19)15-17-13-22-23(3)14-17)20-11-16(2)5-6-18(20)7-10-25-21/h5-6,11,13-14,19H,4,7-10,12,15H2,1-3H3. The molecule has 0 radical (unpaired) electrons. The van der Waals surface area contributed by atoms with E-state index in [-0.39, 0.29) is 5.60 Å². The lowest BCUT2D eigenvalue weighted by molar-refractivity contribution is -0.116. The summed E-state index contributed by atoms with van der Waals surface area (Å²) in [6, 6.07) is 7.49. The first kappa shape index (κ1) is 16.8. The molecule has 2 atom stereocenters. The maximum absolute atomic E-state index is 6.48. The third-order valence-electron chi connectivity index (χ3n) is 6.01. The number of nitrogens with zero attached hydrogens (tertiary/aromatic N) is 3. The van der Waals surface area contributed by atoms with E-state index in [4.69, 9.17) is 4.74 Å². The van der Waals surface area contributed by atoms with Gasteiger partial charge in [-0.3, -0.25) is 9.58 Å². The minimum atomic E-state index is -0.0777. The molecule has 1 spiro atoms. The Bertz CT molecular complexity index is 753. The lowest BCUT2D eigenvalue weighted by atomic mass is 9.75. The van der Waals surface area contributed by atoms with E-state index in [1.54, 1.807) is 0 Å². The maximum Gasteiger partial charge on any atom is 0.0961 e. The highest BCUT2D eigenvalue weighted by Gasteiger charge is 2.44. The van der Waals surface area contributed by atoms with E-state index in [1.165, 1.54) is 22.3 Å². The van der Waals surface area contributed by atoms with Crippen LogP contribution in [0.3, 0.4) is 0 Å². The highest BCUT2D eigenvalue weighted by Crippen LogP contribution is 2.44. The number of piperidine rings is 1. The van der Waals surface area contributed by atoms with Crippen molar-refractivity contribution in [2.45, 2.75) is 57.7 Å². The summed E-state index contributed by atoms with van der Waals surface area (Å²) in [6.07, 6.45) is 8.51. The van der Waals surface area contributed by atoms with Crippen LogP contribution in [0, 0.1) is 6.92 Å². The summed E-state index contributed by atoms with van der Waals surface area (Å²) in [5, 5.41) is 4.32. The maximum atomic E-state index is 6.48. The van der Waals surface area contributed by atoms with Crippen LogP contribution in [0.25, 0.3) is 0 Å². The molecule has 1 aromatic carbocycles. The molecule has 0 aliphatic carbocycles. The quantitative estimate of drug-likeness (QED) is 0.856. The molecule has 0 amide bonds. The summed E-state index contributed by atoms with van der Waals surface area (Å²) in [5.74, 6) is 0. The van der Waals surface area contributed by atoms with Crippen LogP contribution < -0.4 is 0 Å². The van der Waals surface area contributed by atoms with Crippen molar-refractivity contribution in [1.82, 2.24) is 14.7 Å². The topological polar surface area (TPSA) is 30.3 Å². The summed E-state index contributed by atoms with van der Waals surface area (Å²) in [4.78, 5) is 2.62. The lowest BCUT2D eigenvalue weighted by Gasteiger charge is -2.49. The zero-order valence-corrected chi connectivity index (χ0v) is 15.7. The average Bonchev–Trinajstić information content (AvgIpc) is 3.02. The van der Waals surface area contributed by atoms with E-state index in [1.807, 2.05) is 17.9 Å². The van der Waals surface area contributed by atoms with E-state index in [2.05, 4.69) is 48.2 Å². The van der Waals surface area contributed by atoms with E-state index in [0.29, 0.717) is 6.04 Å². The predicted molar refractivity (Wildman–Crippen MR) is 99.4 cm³/mol. The van der Waals surface area contributed by atoms with Crippen molar-refractivity contribution >= 4 is 0 Å². The van der Waals surface area contributed by atoms with Crippen LogP contribution in [0.4, 0.5) is 0 Å². The van der Waals surface area contributed by atoms with Crippen molar-refractivity contribution in [3.05, 3.63) is 52.8 Å². The zero-order valence-electron chi connectivity index (χ0n) is 15.7. The van der Waals surface area contributed by atoms with E-state index < -0.39 is 0 Å². The highest BCUT2D eigenvalue weighted by atomic mass is 16.5. The normalized spacial score (nSPS) is 26.8. The van der Waals surface area contributed by atoms with Gasteiger partial charge in [0.25, 0.3) is 0 Å². The molecule has 134 valence electrons. The number of ether oxygens (including phenoxy) is 1. The van der Waals surface area contributed by atoms with Gasteiger partial charge in [0, 0.05) is 37.9 Å². The molecule has 25 heavy (non-hydrogen) atoms. The Balaban J connectivity index is 1.58. The molecule has 0 N–H and O–H groups in total. The van der Waals surface area contributed by atoms with E-state index in [0.717, 1.165) is 45.4 Å². The summed E-state index contributed by atoms with van der Waals surface area (Å²) in [6.45, 7) is 7.43. The third-order valence-corrected chi connectivity index (χ3v) is 6.01. The van der Waals surface area contributed by atoms with Crippen molar-refractivity contribution in [1.29, 1.82) is 0 Å². The van der Waals surface area contributed by atoms with Gasteiger partial charge < -0.3 is 4.74 Å². The Morgan fingerprint density at radius 2 is 2.24 bits per heavy atom. The van der Waals surface area contributed by atoms with Gasteiger partial charge in [-0.05, 0) is 43.7 Å². The van der Waals surface area contributed by atoms with E-state index >= 15 is 0 Å². The number of aryl methyl sites for hydroxylation is 2. The molecule has 2 aromatic rings. The van der Waals surface area contributed by atoms with Gasteiger partial charge in [0.15, 0.2) is 0 Å². The van der Waals surface area contributed by atoms with Crippen LogP contribution in [0.15, 0.2) is 30.6 Å². The number of benzene rings is 1. The summed E-state index contributed by atoms with van der Waals surface area (Å²) >= 11 is 0. The number of hydrogen-bond acceptors (Lipinski definition) is 3. The van der Waals surface area contributed by atoms with Crippen molar-refractivity contribution in [2.24, 2.45) is 7.05 Å². The van der Waals surface area contributed by atoms with Crippen LogP contribution in [-0.2, 0) is 30.4 Å². The molecule has 2 aliphatic rings. The molecular formula is C21H29N3O. The second-order valence-corrected chi connectivity index (χ2v) is 7.76. The fourth-order valence-electron chi connectivity index (χ4n) is 4.66. The number of aromatic nitrogens is 2. The first-order chi connectivity index (χ1) is 12.1. The van der Waals surface area contributed by atoms with Crippen LogP contribution in [0.2, 0.25) is 0 Å². The molecule has 3 heterocycles. The van der Waals surface area contributed by atoms with Crippen molar-refractivity contribution in [2.75, 3.05) is 13.2 Å². The molecular weight excluding hydrogens is 310 g/mol. The molecule has 0 bridgehead atoms. The fourth-order valence-corrected chi connectivity index (χ4v) is 4.66. The van der Waals surface area contributed by atoms with Crippen LogP contribution in [-0.4, -0.2) is 33.9 Å². The minimum absolute atomic E-state index is 0.0777. The second kappa shape index (κ2) is 6.58. The molecule has 1 aromatic heterocycles. The van der Waals surface area contributed by atoms with Crippen LogP contribution >= 0.6 is 0 Å². The summed E-state index contributed by atoms with van der Waals surface area (Å²) in [5.41, 5.74) is 5.52. The van der Waals surface area contributed by atoms with Gasteiger partial charge in [0.1, 0.15) is 0 Å². The van der Waals surface area contributed by atoms with Gasteiger partial charge >= 0.3 is 0 Å². The van der Waals surface area contributed by atoms with Gasteiger partial charge in [-0.25, -0.2) is 0 Å².